The van der Waals surface area contributed by atoms with Crippen molar-refractivity contribution >= 4 is 11.9 Å². The van der Waals surface area contributed by atoms with Gasteiger partial charge in [-0.3, -0.25) is 4.79 Å². The fourth-order valence-corrected chi connectivity index (χ4v) is 5.34. The standard InChI is InChI=1S/C27H36N4O3/c1-33-19-21-17-28-27(29-18-21)31-12-7-22(8-13-31)25-16-23(25)9-14-34-24-5-3-20(4-6-24)15-26(32)30-10-2-11-30/h3-6,17-18,22-23,25H,2,7-16,19H2,1H3/t23-,25-/m1/s1. The van der Waals surface area contributed by atoms with Gasteiger partial charge in [-0.1, -0.05) is 12.1 Å². The molecule has 0 spiro atoms. The Morgan fingerprint density at radius 2 is 1.76 bits per heavy atom. The largest absolute Gasteiger partial charge is 0.494 e. The van der Waals surface area contributed by atoms with Crippen molar-refractivity contribution in [1.29, 1.82) is 0 Å². The van der Waals surface area contributed by atoms with Gasteiger partial charge < -0.3 is 19.3 Å². The Kier molecular flexibility index (Phi) is 7.28. The van der Waals surface area contributed by atoms with Crippen molar-refractivity contribution in [2.24, 2.45) is 17.8 Å². The number of likely N-dealkylation sites (tertiary alicyclic amines) is 1. The molecule has 3 fully saturated rings. The van der Waals surface area contributed by atoms with Crippen LogP contribution in [-0.2, 0) is 22.6 Å². The van der Waals surface area contributed by atoms with Crippen LogP contribution < -0.4 is 9.64 Å². The molecule has 3 heterocycles. The molecule has 0 radical (unpaired) electrons. The number of hydrogen-bond donors (Lipinski definition) is 0. The number of aromatic nitrogens is 2. The summed E-state index contributed by atoms with van der Waals surface area (Å²) in [4.78, 5) is 25.4. The minimum absolute atomic E-state index is 0.234. The first-order chi connectivity index (χ1) is 16.7. The molecule has 2 aliphatic heterocycles. The molecule has 1 aliphatic carbocycles. The normalized spacial score (nSPS) is 22.4. The van der Waals surface area contributed by atoms with Gasteiger partial charge >= 0.3 is 0 Å². The highest BCUT2D eigenvalue weighted by atomic mass is 16.5. The Morgan fingerprint density at radius 3 is 2.41 bits per heavy atom. The Balaban J connectivity index is 0.989. The van der Waals surface area contributed by atoms with E-state index >= 15 is 0 Å². The summed E-state index contributed by atoms with van der Waals surface area (Å²) in [5, 5.41) is 0. The summed E-state index contributed by atoms with van der Waals surface area (Å²) in [6.45, 7) is 5.24. The van der Waals surface area contributed by atoms with E-state index in [-0.39, 0.29) is 5.91 Å². The maximum absolute atomic E-state index is 12.1. The highest BCUT2D eigenvalue weighted by Crippen LogP contribution is 2.49. The number of hydrogen-bond acceptors (Lipinski definition) is 6. The van der Waals surface area contributed by atoms with Gasteiger partial charge in [0.2, 0.25) is 11.9 Å². The van der Waals surface area contributed by atoms with Crippen molar-refractivity contribution in [1.82, 2.24) is 14.9 Å². The van der Waals surface area contributed by atoms with Crippen molar-refractivity contribution in [3.05, 3.63) is 47.8 Å². The van der Waals surface area contributed by atoms with E-state index in [1.165, 1.54) is 19.3 Å². The third kappa shape index (κ3) is 5.69. The average molecular weight is 465 g/mol. The lowest BCUT2D eigenvalue weighted by Crippen LogP contribution is -2.42. The molecule has 0 bridgehead atoms. The maximum atomic E-state index is 12.1. The second-order valence-corrected chi connectivity index (χ2v) is 10.0. The first kappa shape index (κ1) is 23.1. The number of ether oxygens (including phenoxy) is 2. The third-order valence-corrected chi connectivity index (χ3v) is 7.65. The molecule has 7 heteroatoms. The Labute approximate surface area is 202 Å². The van der Waals surface area contributed by atoms with Crippen molar-refractivity contribution in [2.45, 2.75) is 45.1 Å². The molecule has 0 N–H and O–H groups in total. The van der Waals surface area contributed by atoms with E-state index < -0.39 is 0 Å². The molecule has 1 aromatic carbocycles. The highest BCUT2D eigenvalue weighted by molar-refractivity contribution is 5.79. The molecule has 2 saturated heterocycles. The first-order valence-corrected chi connectivity index (χ1v) is 12.7. The van der Waals surface area contributed by atoms with Crippen LogP contribution in [-0.4, -0.2) is 60.7 Å². The quantitative estimate of drug-likeness (QED) is 0.534. The van der Waals surface area contributed by atoms with Crippen molar-refractivity contribution in [3.8, 4) is 5.75 Å². The van der Waals surface area contributed by atoms with E-state index in [9.17, 15) is 4.79 Å². The summed E-state index contributed by atoms with van der Waals surface area (Å²) in [5.74, 6) is 4.45. The number of piperidine rings is 1. The number of carbonyl (C=O) groups excluding carboxylic acids is 1. The molecule has 2 aromatic rings. The van der Waals surface area contributed by atoms with Crippen LogP contribution in [0.3, 0.4) is 0 Å². The zero-order chi connectivity index (χ0) is 23.3. The number of carbonyl (C=O) groups is 1. The summed E-state index contributed by atoms with van der Waals surface area (Å²) in [6.07, 6.45) is 10.3. The molecular formula is C27H36N4O3. The monoisotopic (exact) mass is 464 g/mol. The fourth-order valence-electron chi connectivity index (χ4n) is 5.34. The third-order valence-electron chi connectivity index (χ3n) is 7.65. The SMILES string of the molecule is COCc1cnc(N2CCC([C@H]3C[C@H]3CCOc3ccc(CC(=O)N4CCC4)cc3)CC2)nc1. The van der Waals surface area contributed by atoms with Crippen LogP contribution >= 0.6 is 0 Å². The maximum Gasteiger partial charge on any atom is 0.226 e. The van der Waals surface area contributed by atoms with Gasteiger partial charge in [0.05, 0.1) is 19.6 Å². The summed E-state index contributed by atoms with van der Waals surface area (Å²) < 4.78 is 11.1. The van der Waals surface area contributed by atoms with Crippen LogP contribution in [0.5, 0.6) is 5.75 Å². The van der Waals surface area contributed by atoms with Crippen LogP contribution in [0, 0.1) is 17.8 Å². The number of methoxy groups -OCH3 is 1. The van der Waals surface area contributed by atoms with Crippen LogP contribution in [0.25, 0.3) is 0 Å². The zero-order valence-electron chi connectivity index (χ0n) is 20.2. The van der Waals surface area contributed by atoms with E-state index in [0.717, 1.165) is 86.2 Å². The van der Waals surface area contributed by atoms with Gasteiger partial charge in [0.25, 0.3) is 0 Å². The van der Waals surface area contributed by atoms with Gasteiger partial charge in [0.1, 0.15) is 5.75 Å². The smallest absolute Gasteiger partial charge is 0.226 e. The van der Waals surface area contributed by atoms with E-state index in [1.807, 2.05) is 41.6 Å². The fraction of sp³-hybridized carbons (Fsp3) is 0.593. The highest BCUT2D eigenvalue weighted by Gasteiger charge is 2.43. The van der Waals surface area contributed by atoms with E-state index in [2.05, 4.69) is 14.9 Å². The predicted molar refractivity (Wildman–Crippen MR) is 131 cm³/mol. The number of rotatable bonds is 10. The summed E-state index contributed by atoms with van der Waals surface area (Å²) in [7, 11) is 1.69. The minimum Gasteiger partial charge on any atom is -0.494 e. The van der Waals surface area contributed by atoms with Gasteiger partial charge in [-0.05, 0) is 67.6 Å². The van der Waals surface area contributed by atoms with Crippen LogP contribution in [0.4, 0.5) is 5.95 Å². The van der Waals surface area contributed by atoms with Gasteiger partial charge in [0.15, 0.2) is 0 Å². The second-order valence-electron chi connectivity index (χ2n) is 10.0. The molecule has 1 saturated carbocycles. The second kappa shape index (κ2) is 10.7. The molecule has 34 heavy (non-hydrogen) atoms. The lowest BCUT2D eigenvalue weighted by atomic mass is 9.90. The van der Waals surface area contributed by atoms with Gasteiger partial charge in [0, 0.05) is 51.2 Å². The molecule has 2 atom stereocenters. The van der Waals surface area contributed by atoms with Crippen molar-refractivity contribution in [3.63, 3.8) is 0 Å². The molecule has 0 unspecified atom stereocenters. The molecule has 1 amide bonds. The van der Waals surface area contributed by atoms with E-state index in [0.29, 0.717) is 13.0 Å². The lowest BCUT2D eigenvalue weighted by molar-refractivity contribution is -0.133. The zero-order valence-corrected chi connectivity index (χ0v) is 20.2. The number of benzene rings is 1. The van der Waals surface area contributed by atoms with Gasteiger partial charge in [-0.2, -0.15) is 0 Å². The minimum atomic E-state index is 0.234. The Morgan fingerprint density at radius 1 is 1.03 bits per heavy atom. The summed E-state index contributed by atoms with van der Waals surface area (Å²) in [6, 6.07) is 8.05. The van der Waals surface area contributed by atoms with Crippen molar-refractivity contribution in [2.75, 3.05) is 44.8 Å². The molecule has 5 rings (SSSR count). The number of anilines is 1. The Hall–Kier alpha value is -2.67. The summed E-state index contributed by atoms with van der Waals surface area (Å²) >= 11 is 0. The van der Waals surface area contributed by atoms with E-state index in [4.69, 9.17) is 9.47 Å². The lowest BCUT2D eigenvalue weighted by Gasteiger charge is -2.32. The van der Waals surface area contributed by atoms with E-state index in [1.54, 1.807) is 7.11 Å². The van der Waals surface area contributed by atoms with Crippen LogP contribution in [0.15, 0.2) is 36.7 Å². The molecule has 182 valence electrons. The molecule has 3 aliphatic rings. The molecular weight excluding hydrogens is 428 g/mol. The van der Waals surface area contributed by atoms with Crippen LogP contribution in [0.2, 0.25) is 0 Å². The topological polar surface area (TPSA) is 67.8 Å². The number of amides is 1. The number of nitrogens with zero attached hydrogens (tertiary/aromatic N) is 4. The molecule has 7 nitrogen and oxygen atoms in total. The van der Waals surface area contributed by atoms with Crippen LogP contribution in [0.1, 0.15) is 43.2 Å². The Bertz CT molecular complexity index is 937. The average Bonchev–Trinajstić information content (AvgIpc) is 3.59. The molecule has 1 aromatic heterocycles. The summed E-state index contributed by atoms with van der Waals surface area (Å²) in [5.41, 5.74) is 2.08. The van der Waals surface area contributed by atoms with Gasteiger partial charge in [-0.25, -0.2) is 9.97 Å². The van der Waals surface area contributed by atoms with Gasteiger partial charge in [-0.15, -0.1) is 0 Å². The first-order valence-electron chi connectivity index (χ1n) is 12.7. The predicted octanol–water partition coefficient (Wildman–Crippen LogP) is 3.72. The van der Waals surface area contributed by atoms with Crippen molar-refractivity contribution < 1.29 is 14.3 Å².